The second-order valence-corrected chi connectivity index (χ2v) is 5.32. The number of hydrogen-bond acceptors (Lipinski definition) is 3. The number of anilines is 1. The molecule has 4 heteroatoms. The molecule has 3 nitrogen and oxygen atoms in total. The Kier molecular flexibility index (Phi) is 4.74. The van der Waals surface area contributed by atoms with Gasteiger partial charge < -0.3 is 5.32 Å². The highest BCUT2D eigenvalue weighted by molar-refractivity contribution is 6.29. The summed E-state index contributed by atoms with van der Waals surface area (Å²) in [6.07, 6.45) is 0.834. The van der Waals surface area contributed by atoms with E-state index < -0.39 is 0 Å². The zero-order valence-electron chi connectivity index (χ0n) is 11.2. The Morgan fingerprint density at radius 3 is 2.58 bits per heavy atom. The molecule has 0 atom stereocenters. The molecule has 0 amide bonds. The van der Waals surface area contributed by atoms with Crippen molar-refractivity contribution in [3.05, 3.63) is 52.9 Å². The molecule has 0 spiro atoms. The number of rotatable bonds is 5. The first-order valence-electron chi connectivity index (χ1n) is 6.45. The molecule has 0 saturated carbocycles. The van der Waals surface area contributed by atoms with Crippen molar-refractivity contribution in [2.24, 2.45) is 5.92 Å². The molecule has 2 aromatic rings. The molecule has 0 unspecified atom stereocenters. The zero-order chi connectivity index (χ0) is 13.7. The maximum absolute atomic E-state index is 6.02. The molecule has 19 heavy (non-hydrogen) atoms. The highest BCUT2D eigenvalue weighted by atomic mass is 35.5. The lowest BCUT2D eigenvalue weighted by atomic mass is 10.1. The molecule has 0 aliphatic carbocycles. The summed E-state index contributed by atoms with van der Waals surface area (Å²) in [6.45, 7) is 5.01. The summed E-state index contributed by atoms with van der Waals surface area (Å²) in [7, 11) is 0. The van der Waals surface area contributed by atoms with Gasteiger partial charge in [-0.3, -0.25) is 0 Å². The first-order chi connectivity index (χ1) is 9.13. The topological polar surface area (TPSA) is 37.8 Å². The van der Waals surface area contributed by atoms with Crippen molar-refractivity contribution in [3.8, 4) is 0 Å². The Hall–Kier alpha value is -1.61. The van der Waals surface area contributed by atoms with Crippen LogP contribution in [0.25, 0.3) is 0 Å². The molecule has 0 aliphatic heterocycles. The van der Waals surface area contributed by atoms with Crippen molar-refractivity contribution in [2.75, 3.05) is 5.32 Å². The number of nitrogens with zero attached hydrogens (tertiary/aromatic N) is 2. The van der Waals surface area contributed by atoms with Crippen LogP contribution in [-0.4, -0.2) is 9.97 Å². The van der Waals surface area contributed by atoms with Gasteiger partial charge in [0, 0.05) is 19.0 Å². The van der Waals surface area contributed by atoms with Crippen LogP contribution in [0.3, 0.4) is 0 Å². The van der Waals surface area contributed by atoms with Crippen LogP contribution in [0.5, 0.6) is 0 Å². The summed E-state index contributed by atoms with van der Waals surface area (Å²) in [5, 5.41) is 3.77. The molecule has 1 aromatic heterocycles. The quantitative estimate of drug-likeness (QED) is 0.840. The van der Waals surface area contributed by atoms with Gasteiger partial charge in [0.25, 0.3) is 0 Å². The fraction of sp³-hybridized carbons (Fsp3) is 0.333. The van der Waals surface area contributed by atoms with Crippen molar-refractivity contribution >= 4 is 17.4 Å². The number of benzene rings is 1. The van der Waals surface area contributed by atoms with E-state index in [0.717, 1.165) is 24.6 Å². The van der Waals surface area contributed by atoms with E-state index in [1.165, 1.54) is 5.56 Å². The van der Waals surface area contributed by atoms with Gasteiger partial charge in [-0.2, -0.15) is 0 Å². The third kappa shape index (κ3) is 4.52. The van der Waals surface area contributed by atoms with Crippen LogP contribution in [0.2, 0.25) is 5.15 Å². The van der Waals surface area contributed by atoms with Crippen molar-refractivity contribution in [1.29, 1.82) is 0 Å². The molecule has 2 rings (SSSR count). The van der Waals surface area contributed by atoms with Gasteiger partial charge in [0.1, 0.15) is 16.8 Å². The average Bonchev–Trinajstić information content (AvgIpc) is 2.36. The van der Waals surface area contributed by atoms with Gasteiger partial charge in [0.05, 0.1) is 0 Å². The van der Waals surface area contributed by atoms with E-state index in [4.69, 9.17) is 11.6 Å². The van der Waals surface area contributed by atoms with Crippen LogP contribution in [0.15, 0.2) is 36.4 Å². The summed E-state index contributed by atoms with van der Waals surface area (Å²) in [5.74, 6) is 2.08. The minimum atomic E-state index is 0.487. The standard InChI is InChI=1S/C15H18ClN3/c1-11(2)8-15-18-13(16)9-14(19-15)17-10-12-6-4-3-5-7-12/h3-7,9,11H,8,10H2,1-2H3,(H,17,18,19). The molecule has 0 bridgehead atoms. The molecule has 100 valence electrons. The molecule has 1 aromatic carbocycles. The summed E-state index contributed by atoms with van der Waals surface area (Å²) >= 11 is 6.02. The number of hydrogen-bond donors (Lipinski definition) is 1. The van der Waals surface area contributed by atoms with E-state index in [1.807, 2.05) is 18.2 Å². The van der Waals surface area contributed by atoms with E-state index in [9.17, 15) is 0 Å². The predicted octanol–water partition coefficient (Wildman–Crippen LogP) is 3.94. The molecule has 0 aliphatic rings. The summed E-state index contributed by atoms with van der Waals surface area (Å²) in [4.78, 5) is 8.73. The predicted molar refractivity (Wildman–Crippen MR) is 79.4 cm³/mol. The third-order valence-corrected chi connectivity index (χ3v) is 2.84. The van der Waals surface area contributed by atoms with Crippen LogP contribution < -0.4 is 5.32 Å². The fourth-order valence-electron chi connectivity index (χ4n) is 1.80. The summed E-state index contributed by atoms with van der Waals surface area (Å²) in [5.41, 5.74) is 1.21. The SMILES string of the molecule is CC(C)Cc1nc(Cl)cc(NCc2ccccc2)n1. The Morgan fingerprint density at radius 1 is 1.16 bits per heavy atom. The second-order valence-electron chi connectivity index (χ2n) is 4.93. The van der Waals surface area contributed by atoms with E-state index in [0.29, 0.717) is 11.1 Å². The number of nitrogens with one attached hydrogen (secondary N) is 1. The Bertz CT molecular complexity index is 526. The molecule has 0 radical (unpaired) electrons. The highest BCUT2D eigenvalue weighted by Gasteiger charge is 2.05. The van der Waals surface area contributed by atoms with Crippen LogP contribution in [0.1, 0.15) is 25.2 Å². The van der Waals surface area contributed by atoms with Gasteiger partial charge >= 0.3 is 0 Å². The van der Waals surface area contributed by atoms with Crippen LogP contribution >= 0.6 is 11.6 Å². The maximum atomic E-state index is 6.02. The van der Waals surface area contributed by atoms with Crippen molar-refractivity contribution in [2.45, 2.75) is 26.8 Å². The summed E-state index contributed by atoms with van der Waals surface area (Å²) < 4.78 is 0. The Labute approximate surface area is 119 Å². The van der Waals surface area contributed by atoms with E-state index in [1.54, 1.807) is 6.07 Å². The normalized spacial score (nSPS) is 10.7. The molecule has 0 fully saturated rings. The molecule has 1 N–H and O–H groups in total. The van der Waals surface area contributed by atoms with E-state index in [2.05, 4.69) is 41.3 Å². The number of aromatic nitrogens is 2. The van der Waals surface area contributed by atoms with Gasteiger partial charge in [-0.1, -0.05) is 55.8 Å². The summed E-state index contributed by atoms with van der Waals surface area (Å²) in [6, 6.07) is 12.0. The molecule has 0 saturated heterocycles. The zero-order valence-corrected chi connectivity index (χ0v) is 12.0. The maximum Gasteiger partial charge on any atom is 0.134 e. The van der Waals surface area contributed by atoms with Gasteiger partial charge in [0.2, 0.25) is 0 Å². The van der Waals surface area contributed by atoms with Crippen LogP contribution in [-0.2, 0) is 13.0 Å². The Balaban J connectivity index is 2.05. The highest BCUT2D eigenvalue weighted by Crippen LogP contribution is 2.14. The van der Waals surface area contributed by atoms with Gasteiger partial charge in [-0.25, -0.2) is 9.97 Å². The van der Waals surface area contributed by atoms with Crippen molar-refractivity contribution < 1.29 is 0 Å². The lowest BCUT2D eigenvalue weighted by Gasteiger charge is -2.09. The first kappa shape index (κ1) is 13.8. The average molecular weight is 276 g/mol. The molecular weight excluding hydrogens is 258 g/mol. The van der Waals surface area contributed by atoms with E-state index in [-0.39, 0.29) is 0 Å². The smallest absolute Gasteiger partial charge is 0.134 e. The minimum Gasteiger partial charge on any atom is -0.366 e. The second kappa shape index (κ2) is 6.53. The van der Waals surface area contributed by atoms with Gasteiger partial charge in [-0.15, -0.1) is 0 Å². The number of halogens is 1. The minimum absolute atomic E-state index is 0.487. The molecule has 1 heterocycles. The Morgan fingerprint density at radius 2 is 1.89 bits per heavy atom. The van der Waals surface area contributed by atoms with Crippen LogP contribution in [0.4, 0.5) is 5.82 Å². The molecular formula is C15H18ClN3. The van der Waals surface area contributed by atoms with Gasteiger partial charge in [0.15, 0.2) is 0 Å². The first-order valence-corrected chi connectivity index (χ1v) is 6.82. The van der Waals surface area contributed by atoms with Gasteiger partial charge in [-0.05, 0) is 11.5 Å². The lowest BCUT2D eigenvalue weighted by Crippen LogP contribution is -2.06. The lowest BCUT2D eigenvalue weighted by molar-refractivity contribution is 0.621. The fourth-order valence-corrected chi connectivity index (χ4v) is 2.00. The monoisotopic (exact) mass is 275 g/mol. The van der Waals surface area contributed by atoms with Crippen molar-refractivity contribution in [3.63, 3.8) is 0 Å². The largest absolute Gasteiger partial charge is 0.366 e. The third-order valence-electron chi connectivity index (χ3n) is 2.65. The van der Waals surface area contributed by atoms with E-state index >= 15 is 0 Å². The van der Waals surface area contributed by atoms with Crippen molar-refractivity contribution in [1.82, 2.24) is 9.97 Å². The van der Waals surface area contributed by atoms with Crippen LogP contribution in [0, 0.1) is 5.92 Å².